The highest BCUT2D eigenvalue weighted by Gasteiger charge is 2.40. The average molecular weight is 395 g/mol. The molecule has 0 radical (unpaired) electrons. The van der Waals surface area contributed by atoms with Gasteiger partial charge >= 0.3 is 0 Å². The van der Waals surface area contributed by atoms with E-state index in [0.717, 1.165) is 11.1 Å². The molecule has 0 saturated carbocycles. The molecule has 0 aliphatic carbocycles. The van der Waals surface area contributed by atoms with Crippen LogP contribution in [0.1, 0.15) is 44.8 Å². The molecule has 0 unspecified atom stereocenters. The number of amides is 2. The van der Waals surface area contributed by atoms with Crippen molar-refractivity contribution in [1.82, 2.24) is 15.2 Å². The molecule has 1 aromatic carbocycles. The lowest BCUT2D eigenvalue weighted by molar-refractivity contribution is -0.181. The zero-order chi connectivity index (χ0) is 20.3. The minimum absolute atomic E-state index is 0.104. The Balaban J connectivity index is 1.38. The minimum Gasteiger partial charge on any atom is -0.347 e. The molecule has 2 aliphatic rings. The van der Waals surface area contributed by atoms with Gasteiger partial charge in [0.05, 0.1) is 13.2 Å². The molecule has 7 nitrogen and oxygen atoms in total. The van der Waals surface area contributed by atoms with Crippen molar-refractivity contribution in [1.29, 1.82) is 0 Å². The molecule has 2 fully saturated rings. The van der Waals surface area contributed by atoms with E-state index in [1.54, 1.807) is 17.0 Å². The van der Waals surface area contributed by atoms with Crippen LogP contribution in [0.5, 0.6) is 0 Å². The van der Waals surface area contributed by atoms with E-state index in [9.17, 15) is 9.59 Å². The average Bonchev–Trinajstić information content (AvgIpc) is 3.21. The predicted octanol–water partition coefficient (Wildman–Crippen LogP) is 2.30. The van der Waals surface area contributed by atoms with Crippen LogP contribution in [0, 0.1) is 6.92 Å². The number of ether oxygens (including phenoxy) is 2. The van der Waals surface area contributed by atoms with Crippen molar-refractivity contribution in [2.45, 2.75) is 32.1 Å². The van der Waals surface area contributed by atoms with Gasteiger partial charge in [0.15, 0.2) is 5.79 Å². The first-order valence-corrected chi connectivity index (χ1v) is 9.92. The SMILES string of the molecule is Cc1ccccc1CNC(=O)c1cc(C(=O)N2CCC3(CC2)OCCO3)ccn1. The van der Waals surface area contributed by atoms with Crippen LogP contribution in [0.2, 0.25) is 0 Å². The molecule has 2 aliphatic heterocycles. The zero-order valence-electron chi connectivity index (χ0n) is 16.5. The van der Waals surface area contributed by atoms with Gasteiger partial charge in [-0.25, -0.2) is 0 Å². The van der Waals surface area contributed by atoms with Crippen LogP contribution in [0.4, 0.5) is 0 Å². The van der Waals surface area contributed by atoms with Gasteiger partial charge in [0.1, 0.15) is 5.69 Å². The molecular formula is C22H25N3O4. The zero-order valence-corrected chi connectivity index (χ0v) is 16.5. The molecule has 0 bridgehead atoms. The Morgan fingerprint density at radius 2 is 1.86 bits per heavy atom. The van der Waals surface area contributed by atoms with Gasteiger partial charge in [-0.05, 0) is 30.2 Å². The van der Waals surface area contributed by atoms with Crippen molar-refractivity contribution in [3.05, 3.63) is 65.0 Å². The molecule has 3 heterocycles. The van der Waals surface area contributed by atoms with Crippen LogP contribution in [0.15, 0.2) is 42.6 Å². The summed E-state index contributed by atoms with van der Waals surface area (Å²) in [5, 5.41) is 2.88. The summed E-state index contributed by atoms with van der Waals surface area (Å²) in [6, 6.07) is 11.1. The summed E-state index contributed by atoms with van der Waals surface area (Å²) in [5.41, 5.74) is 2.86. The standard InChI is InChI=1S/C22H25N3O4/c1-16-4-2-3-5-18(16)15-24-20(26)19-14-17(6-9-23-19)21(27)25-10-7-22(8-11-25)28-12-13-29-22/h2-6,9,14H,7-8,10-13,15H2,1H3,(H,24,26). The highest BCUT2D eigenvalue weighted by atomic mass is 16.7. The van der Waals surface area contributed by atoms with E-state index >= 15 is 0 Å². The third-order valence-corrected chi connectivity index (χ3v) is 5.57. The third-order valence-electron chi connectivity index (χ3n) is 5.57. The molecule has 1 spiro atoms. The van der Waals surface area contributed by atoms with Crippen LogP contribution in [0.25, 0.3) is 0 Å². The highest BCUT2D eigenvalue weighted by Crippen LogP contribution is 2.31. The van der Waals surface area contributed by atoms with Gasteiger partial charge in [0.25, 0.3) is 11.8 Å². The molecule has 1 aromatic heterocycles. The van der Waals surface area contributed by atoms with Gasteiger partial charge in [-0.1, -0.05) is 24.3 Å². The van der Waals surface area contributed by atoms with Crippen LogP contribution in [-0.2, 0) is 16.0 Å². The maximum atomic E-state index is 12.9. The Labute approximate surface area is 170 Å². The number of hydrogen-bond donors (Lipinski definition) is 1. The fraction of sp³-hybridized carbons (Fsp3) is 0.409. The molecule has 29 heavy (non-hydrogen) atoms. The Bertz CT molecular complexity index is 898. The van der Waals surface area contributed by atoms with Crippen molar-refractivity contribution in [3.8, 4) is 0 Å². The van der Waals surface area contributed by atoms with Gasteiger partial charge in [0, 0.05) is 44.2 Å². The largest absolute Gasteiger partial charge is 0.347 e. The number of aryl methyl sites for hydroxylation is 1. The van der Waals surface area contributed by atoms with Crippen molar-refractivity contribution in [2.24, 2.45) is 0 Å². The first-order valence-electron chi connectivity index (χ1n) is 9.92. The highest BCUT2D eigenvalue weighted by molar-refractivity contribution is 5.98. The Morgan fingerprint density at radius 1 is 1.14 bits per heavy atom. The summed E-state index contributed by atoms with van der Waals surface area (Å²) in [4.78, 5) is 31.3. The van der Waals surface area contributed by atoms with Crippen molar-refractivity contribution >= 4 is 11.8 Å². The fourth-order valence-electron chi connectivity index (χ4n) is 3.78. The number of piperidine rings is 1. The van der Waals surface area contributed by atoms with E-state index < -0.39 is 5.79 Å². The quantitative estimate of drug-likeness (QED) is 0.859. The number of pyridine rings is 1. The molecule has 4 rings (SSSR count). The first-order chi connectivity index (χ1) is 14.1. The smallest absolute Gasteiger partial charge is 0.270 e. The third kappa shape index (κ3) is 4.31. The molecule has 1 N–H and O–H groups in total. The number of rotatable bonds is 4. The lowest BCUT2D eigenvalue weighted by atomic mass is 10.0. The molecule has 7 heteroatoms. The second-order valence-electron chi connectivity index (χ2n) is 7.44. The number of nitrogens with one attached hydrogen (secondary N) is 1. The Kier molecular flexibility index (Phi) is 5.60. The van der Waals surface area contributed by atoms with Gasteiger partial charge < -0.3 is 19.7 Å². The summed E-state index contributed by atoms with van der Waals surface area (Å²) in [6.07, 6.45) is 2.83. The number of hydrogen-bond acceptors (Lipinski definition) is 5. The van der Waals surface area contributed by atoms with E-state index in [-0.39, 0.29) is 17.5 Å². The fourth-order valence-corrected chi connectivity index (χ4v) is 3.78. The Hall–Kier alpha value is -2.77. The van der Waals surface area contributed by atoms with Crippen LogP contribution in [0.3, 0.4) is 0 Å². The number of nitrogens with zero attached hydrogens (tertiary/aromatic N) is 2. The number of aromatic nitrogens is 1. The summed E-state index contributed by atoms with van der Waals surface area (Å²) in [6.45, 7) is 4.77. The topological polar surface area (TPSA) is 80.8 Å². The predicted molar refractivity (Wildman–Crippen MR) is 106 cm³/mol. The molecule has 2 saturated heterocycles. The van der Waals surface area contributed by atoms with Gasteiger partial charge in [-0.15, -0.1) is 0 Å². The van der Waals surface area contributed by atoms with Crippen LogP contribution in [-0.4, -0.2) is 53.8 Å². The van der Waals surface area contributed by atoms with E-state index in [4.69, 9.17) is 9.47 Å². The van der Waals surface area contributed by atoms with Crippen molar-refractivity contribution in [2.75, 3.05) is 26.3 Å². The molecule has 152 valence electrons. The van der Waals surface area contributed by atoms with Gasteiger partial charge in [-0.3, -0.25) is 14.6 Å². The number of carbonyl (C=O) groups excluding carboxylic acids is 2. The Morgan fingerprint density at radius 3 is 2.59 bits per heavy atom. The van der Waals surface area contributed by atoms with Crippen LogP contribution >= 0.6 is 0 Å². The minimum atomic E-state index is -0.518. The van der Waals surface area contributed by atoms with E-state index in [1.807, 2.05) is 31.2 Å². The van der Waals surface area contributed by atoms with Crippen LogP contribution < -0.4 is 5.32 Å². The van der Waals surface area contributed by atoms with Crippen molar-refractivity contribution < 1.29 is 19.1 Å². The second kappa shape index (κ2) is 8.31. The summed E-state index contributed by atoms with van der Waals surface area (Å²) in [5.74, 6) is -0.920. The molecule has 0 atom stereocenters. The summed E-state index contributed by atoms with van der Waals surface area (Å²) >= 11 is 0. The van der Waals surface area contributed by atoms with E-state index in [1.165, 1.54) is 6.20 Å². The maximum absolute atomic E-state index is 12.9. The second-order valence-corrected chi connectivity index (χ2v) is 7.44. The summed E-state index contributed by atoms with van der Waals surface area (Å²) < 4.78 is 11.4. The molecule has 2 amide bonds. The van der Waals surface area contributed by atoms with E-state index in [0.29, 0.717) is 51.3 Å². The monoisotopic (exact) mass is 395 g/mol. The van der Waals surface area contributed by atoms with Gasteiger partial charge in [-0.2, -0.15) is 0 Å². The first kappa shape index (κ1) is 19.5. The molecule has 2 aromatic rings. The number of benzene rings is 1. The number of carbonyl (C=O) groups is 2. The van der Waals surface area contributed by atoms with Crippen molar-refractivity contribution in [3.63, 3.8) is 0 Å². The maximum Gasteiger partial charge on any atom is 0.270 e. The summed E-state index contributed by atoms with van der Waals surface area (Å²) in [7, 11) is 0. The normalized spacial score (nSPS) is 18.0. The lowest BCUT2D eigenvalue weighted by Crippen LogP contribution is -2.47. The van der Waals surface area contributed by atoms with E-state index in [2.05, 4.69) is 10.3 Å². The molecular weight excluding hydrogens is 370 g/mol. The number of likely N-dealkylation sites (tertiary alicyclic amines) is 1. The van der Waals surface area contributed by atoms with Gasteiger partial charge in [0.2, 0.25) is 0 Å². The lowest BCUT2D eigenvalue weighted by Gasteiger charge is -2.37.